The molecule has 0 saturated heterocycles. The van der Waals surface area contributed by atoms with Crippen molar-refractivity contribution < 1.29 is 4.74 Å². The number of fused-ring (bicyclic) bond motifs is 1. The Balaban J connectivity index is 2.85. The molecule has 2 aromatic rings. The Bertz CT molecular complexity index is 569. The molecule has 0 aliphatic heterocycles. The number of rotatable bonds is 2. The lowest BCUT2D eigenvalue weighted by molar-refractivity contribution is 0.418. The van der Waals surface area contributed by atoms with Gasteiger partial charge < -0.3 is 4.74 Å². The molecule has 0 saturated carbocycles. The second-order valence-electron chi connectivity index (χ2n) is 4.16. The lowest BCUT2D eigenvalue weighted by Crippen LogP contribution is -1.96. The van der Waals surface area contributed by atoms with Crippen molar-refractivity contribution in [2.75, 3.05) is 7.11 Å². The van der Waals surface area contributed by atoms with Crippen molar-refractivity contribution in [1.82, 2.24) is 4.98 Å². The maximum absolute atomic E-state index is 6.31. The average molecular weight is 315 g/mol. The van der Waals surface area contributed by atoms with E-state index in [0.717, 1.165) is 26.8 Å². The molecular formula is C13H13BrClNO. The molecule has 0 atom stereocenters. The minimum Gasteiger partial charge on any atom is -0.494 e. The molecule has 0 spiro atoms. The molecule has 2 nitrogen and oxygen atoms in total. The van der Waals surface area contributed by atoms with Gasteiger partial charge in [-0.25, -0.2) is 4.98 Å². The Labute approximate surface area is 114 Å². The molecular weight excluding hydrogens is 302 g/mol. The van der Waals surface area contributed by atoms with Crippen LogP contribution >= 0.6 is 27.5 Å². The summed E-state index contributed by atoms with van der Waals surface area (Å²) in [4.78, 5) is 4.63. The zero-order valence-corrected chi connectivity index (χ0v) is 12.3. The highest BCUT2D eigenvalue weighted by molar-refractivity contribution is 9.10. The highest BCUT2D eigenvalue weighted by Gasteiger charge is 2.13. The summed E-state index contributed by atoms with van der Waals surface area (Å²) in [7, 11) is 1.64. The second-order valence-corrected chi connectivity index (χ2v) is 5.42. The number of ether oxygens (including phenoxy) is 1. The lowest BCUT2D eigenvalue weighted by Gasteiger charge is -2.11. The topological polar surface area (TPSA) is 22.1 Å². The van der Waals surface area contributed by atoms with E-state index < -0.39 is 0 Å². The minimum atomic E-state index is 0.334. The summed E-state index contributed by atoms with van der Waals surface area (Å²) in [6, 6.07) is 5.72. The van der Waals surface area contributed by atoms with Gasteiger partial charge in [-0.3, -0.25) is 0 Å². The molecule has 90 valence electrons. The van der Waals surface area contributed by atoms with Crippen LogP contribution in [0.4, 0.5) is 0 Å². The molecule has 2 rings (SSSR count). The molecule has 0 bridgehead atoms. The van der Waals surface area contributed by atoms with Gasteiger partial charge in [0.25, 0.3) is 0 Å². The molecule has 1 heterocycles. The molecule has 0 N–H and O–H groups in total. The number of hydrogen-bond acceptors (Lipinski definition) is 2. The third-order valence-electron chi connectivity index (χ3n) is 2.66. The number of nitrogens with zero attached hydrogens (tertiary/aromatic N) is 1. The van der Waals surface area contributed by atoms with E-state index in [2.05, 4.69) is 34.8 Å². The van der Waals surface area contributed by atoms with Gasteiger partial charge in [0.05, 0.1) is 12.1 Å². The summed E-state index contributed by atoms with van der Waals surface area (Å²) in [6.45, 7) is 4.18. The Hall–Kier alpha value is -0.800. The van der Waals surface area contributed by atoms with Crippen molar-refractivity contribution in [3.05, 3.63) is 33.4 Å². The minimum absolute atomic E-state index is 0.334. The summed E-state index contributed by atoms with van der Waals surface area (Å²) in [5, 5.41) is 1.60. The Morgan fingerprint density at radius 2 is 2.06 bits per heavy atom. The molecule has 0 aliphatic rings. The van der Waals surface area contributed by atoms with Crippen LogP contribution in [0.15, 0.2) is 22.7 Å². The molecule has 17 heavy (non-hydrogen) atoms. The highest BCUT2D eigenvalue weighted by atomic mass is 79.9. The molecule has 0 fully saturated rings. The molecule has 4 heteroatoms. The van der Waals surface area contributed by atoms with Crippen LogP contribution in [0, 0.1) is 0 Å². The quantitative estimate of drug-likeness (QED) is 0.795. The van der Waals surface area contributed by atoms with E-state index >= 15 is 0 Å². The predicted molar refractivity (Wildman–Crippen MR) is 75.1 cm³/mol. The van der Waals surface area contributed by atoms with E-state index in [1.807, 2.05) is 18.2 Å². The number of hydrogen-bond donors (Lipinski definition) is 0. The van der Waals surface area contributed by atoms with Gasteiger partial charge in [-0.15, -0.1) is 0 Å². The van der Waals surface area contributed by atoms with Crippen LogP contribution in [-0.2, 0) is 0 Å². The first-order valence-electron chi connectivity index (χ1n) is 5.37. The van der Waals surface area contributed by atoms with Crippen LogP contribution in [0.1, 0.15) is 25.5 Å². The van der Waals surface area contributed by atoms with Crippen molar-refractivity contribution in [2.45, 2.75) is 19.8 Å². The molecule has 1 aromatic heterocycles. The van der Waals surface area contributed by atoms with Gasteiger partial charge in [0.15, 0.2) is 0 Å². The molecule has 0 amide bonds. The van der Waals surface area contributed by atoms with E-state index in [-0.39, 0.29) is 0 Å². The van der Waals surface area contributed by atoms with Crippen molar-refractivity contribution in [1.29, 1.82) is 0 Å². The number of benzene rings is 1. The van der Waals surface area contributed by atoms with Crippen LogP contribution in [0.2, 0.25) is 5.02 Å². The Morgan fingerprint density at radius 3 is 2.65 bits per heavy atom. The second kappa shape index (κ2) is 4.83. The van der Waals surface area contributed by atoms with Gasteiger partial charge in [0.2, 0.25) is 0 Å². The largest absolute Gasteiger partial charge is 0.494 e. The molecule has 0 unspecified atom stereocenters. The van der Waals surface area contributed by atoms with Gasteiger partial charge in [0.1, 0.15) is 11.3 Å². The first kappa shape index (κ1) is 12.7. The number of halogens is 2. The van der Waals surface area contributed by atoms with E-state index in [1.54, 1.807) is 7.11 Å². The number of aromatic nitrogens is 1. The Morgan fingerprint density at radius 1 is 1.35 bits per heavy atom. The smallest absolute Gasteiger partial charge is 0.145 e. The Kier molecular flexibility index (Phi) is 3.59. The number of pyridine rings is 1. The van der Waals surface area contributed by atoms with E-state index in [0.29, 0.717) is 10.9 Å². The standard InChI is InChI=1S/C13H13BrClNO/c1-7(2)10-6-9(15)12-8(14)4-5-11(17-3)13(12)16-10/h4-7H,1-3H3. The van der Waals surface area contributed by atoms with Crippen molar-refractivity contribution >= 4 is 38.4 Å². The van der Waals surface area contributed by atoms with Gasteiger partial charge >= 0.3 is 0 Å². The van der Waals surface area contributed by atoms with Crippen LogP contribution < -0.4 is 4.74 Å². The van der Waals surface area contributed by atoms with E-state index in [4.69, 9.17) is 16.3 Å². The zero-order chi connectivity index (χ0) is 12.6. The average Bonchev–Trinajstić information content (AvgIpc) is 2.28. The van der Waals surface area contributed by atoms with Gasteiger partial charge in [-0.2, -0.15) is 0 Å². The van der Waals surface area contributed by atoms with E-state index in [1.165, 1.54) is 0 Å². The fourth-order valence-corrected chi connectivity index (χ4v) is 2.66. The monoisotopic (exact) mass is 313 g/mol. The predicted octanol–water partition coefficient (Wildman–Crippen LogP) is 4.78. The van der Waals surface area contributed by atoms with Gasteiger partial charge in [0, 0.05) is 15.6 Å². The van der Waals surface area contributed by atoms with Crippen LogP contribution in [0.3, 0.4) is 0 Å². The summed E-state index contributed by atoms with van der Waals surface area (Å²) in [5.74, 6) is 1.08. The summed E-state index contributed by atoms with van der Waals surface area (Å²) >= 11 is 9.81. The first-order chi connectivity index (χ1) is 8.04. The van der Waals surface area contributed by atoms with Gasteiger partial charge in [-0.1, -0.05) is 41.4 Å². The maximum atomic E-state index is 6.31. The molecule has 0 radical (unpaired) electrons. The van der Waals surface area contributed by atoms with E-state index in [9.17, 15) is 0 Å². The highest BCUT2D eigenvalue weighted by Crippen LogP contribution is 2.36. The first-order valence-corrected chi connectivity index (χ1v) is 6.54. The molecule has 0 aliphatic carbocycles. The van der Waals surface area contributed by atoms with Crippen molar-refractivity contribution in [3.63, 3.8) is 0 Å². The normalized spacial score (nSPS) is 11.2. The fraction of sp³-hybridized carbons (Fsp3) is 0.308. The summed E-state index contributed by atoms with van der Waals surface area (Å²) in [6.07, 6.45) is 0. The third-order valence-corrected chi connectivity index (χ3v) is 3.61. The fourth-order valence-electron chi connectivity index (χ4n) is 1.71. The summed E-state index contributed by atoms with van der Waals surface area (Å²) in [5.41, 5.74) is 1.77. The van der Waals surface area contributed by atoms with Gasteiger partial charge in [-0.05, 0) is 24.1 Å². The van der Waals surface area contributed by atoms with Crippen molar-refractivity contribution in [2.24, 2.45) is 0 Å². The third kappa shape index (κ3) is 2.26. The summed E-state index contributed by atoms with van der Waals surface area (Å²) < 4.78 is 6.26. The van der Waals surface area contributed by atoms with Crippen molar-refractivity contribution in [3.8, 4) is 5.75 Å². The molecule has 1 aromatic carbocycles. The number of methoxy groups -OCH3 is 1. The van der Waals surface area contributed by atoms with Crippen LogP contribution in [0.5, 0.6) is 5.75 Å². The maximum Gasteiger partial charge on any atom is 0.145 e. The SMILES string of the molecule is COc1ccc(Br)c2c(Cl)cc(C(C)C)nc12. The zero-order valence-electron chi connectivity index (χ0n) is 9.92. The lowest BCUT2D eigenvalue weighted by atomic mass is 10.1. The van der Waals surface area contributed by atoms with Crippen LogP contribution in [-0.4, -0.2) is 12.1 Å². The van der Waals surface area contributed by atoms with Crippen LogP contribution in [0.25, 0.3) is 10.9 Å².